The predicted molar refractivity (Wildman–Crippen MR) is 80.7 cm³/mol. The molecule has 2 aromatic carbocycles. The highest BCUT2D eigenvalue weighted by Gasteiger charge is 2.14. The van der Waals surface area contributed by atoms with Crippen LogP contribution in [-0.4, -0.2) is 23.2 Å². The molecule has 104 valence electrons. The van der Waals surface area contributed by atoms with E-state index < -0.39 is 5.97 Å². The average Bonchev–Trinajstić information content (AvgIpc) is 2.53. The molecular formula is C17H13NO3. The van der Waals surface area contributed by atoms with E-state index in [-0.39, 0.29) is 5.56 Å². The molecule has 21 heavy (non-hydrogen) atoms. The Morgan fingerprint density at radius 2 is 1.90 bits per heavy atom. The van der Waals surface area contributed by atoms with E-state index in [9.17, 15) is 9.90 Å². The van der Waals surface area contributed by atoms with Crippen LogP contribution >= 0.6 is 0 Å². The van der Waals surface area contributed by atoms with Gasteiger partial charge in [-0.3, -0.25) is 0 Å². The van der Waals surface area contributed by atoms with Gasteiger partial charge in [0.2, 0.25) is 0 Å². The van der Waals surface area contributed by atoms with E-state index >= 15 is 0 Å². The molecule has 1 heterocycles. The molecule has 0 fully saturated rings. The first-order chi connectivity index (χ1) is 10.2. The molecule has 0 aliphatic rings. The number of fused-ring (bicyclic) bond motifs is 1. The lowest BCUT2D eigenvalue weighted by Gasteiger charge is -2.09. The Balaban J connectivity index is 2.19. The molecule has 0 aliphatic carbocycles. The summed E-state index contributed by atoms with van der Waals surface area (Å²) in [5.74, 6) is -0.490. The molecule has 0 bridgehead atoms. The number of aromatic carboxylic acids is 1. The van der Waals surface area contributed by atoms with Gasteiger partial charge in [-0.2, -0.15) is 0 Å². The Kier molecular flexibility index (Phi) is 3.28. The Morgan fingerprint density at radius 3 is 2.67 bits per heavy atom. The van der Waals surface area contributed by atoms with Crippen LogP contribution in [0, 0.1) is 0 Å². The number of methoxy groups -OCH3 is 1. The van der Waals surface area contributed by atoms with Gasteiger partial charge in [-0.15, -0.1) is 0 Å². The predicted octanol–water partition coefficient (Wildman–Crippen LogP) is 3.61. The zero-order chi connectivity index (χ0) is 14.8. The number of pyridine rings is 1. The van der Waals surface area contributed by atoms with Crippen molar-refractivity contribution in [2.24, 2.45) is 0 Å². The van der Waals surface area contributed by atoms with Gasteiger partial charge in [0, 0.05) is 10.9 Å². The van der Waals surface area contributed by atoms with Crippen LogP contribution in [0.2, 0.25) is 0 Å². The third-order valence-electron chi connectivity index (χ3n) is 3.33. The first kappa shape index (κ1) is 13.1. The fourth-order valence-corrected chi connectivity index (χ4v) is 2.27. The maximum Gasteiger partial charge on any atom is 0.336 e. The van der Waals surface area contributed by atoms with E-state index in [4.69, 9.17) is 4.74 Å². The smallest absolute Gasteiger partial charge is 0.336 e. The van der Waals surface area contributed by atoms with Crippen molar-refractivity contribution in [3.8, 4) is 17.0 Å². The highest BCUT2D eigenvalue weighted by molar-refractivity contribution is 5.96. The van der Waals surface area contributed by atoms with E-state index in [1.54, 1.807) is 12.1 Å². The second-order valence-corrected chi connectivity index (χ2v) is 4.61. The van der Waals surface area contributed by atoms with Gasteiger partial charge >= 0.3 is 5.97 Å². The minimum atomic E-state index is -1.00. The summed E-state index contributed by atoms with van der Waals surface area (Å²) in [5.41, 5.74) is 2.22. The van der Waals surface area contributed by atoms with Gasteiger partial charge in [0.25, 0.3) is 0 Å². The Hall–Kier alpha value is -2.88. The summed E-state index contributed by atoms with van der Waals surface area (Å²) in [4.78, 5) is 16.0. The maximum atomic E-state index is 11.4. The van der Waals surface area contributed by atoms with Crippen LogP contribution in [0.3, 0.4) is 0 Å². The summed E-state index contributed by atoms with van der Waals surface area (Å²) in [6.45, 7) is 0. The SMILES string of the molecule is COc1ccc(-c2ccc3ccccc3n2)c(C(=O)O)c1. The number of hydrogen-bond acceptors (Lipinski definition) is 3. The van der Waals surface area contributed by atoms with Crippen molar-refractivity contribution in [1.29, 1.82) is 0 Å². The van der Waals surface area contributed by atoms with E-state index in [1.165, 1.54) is 13.2 Å². The zero-order valence-corrected chi connectivity index (χ0v) is 11.4. The fraction of sp³-hybridized carbons (Fsp3) is 0.0588. The number of para-hydroxylation sites is 1. The van der Waals surface area contributed by atoms with Crippen LogP contribution in [0.4, 0.5) is 0 Å². The zero-order valence-electron chi connectivity index (χ0n) is 11.4. The number of carbonyl (C=O) groups is 1. The normalized spacial score (nSPS) is 10.5. The van der Waals surface area contributed by atoms with E-state index in [1.807, 2.05) is 36.4 Å². The lowest BCUT2D eigenvalue weighted by atomic mass is 10.0. The third kappa shape index (κ3) is 2.43. The minimum Gasteiger partial charge on any atom is -0.497 e. The number of rotatable bonds is 3. The number of nitrogens with zero attached hydrogens (tertiary/aromatic N) is 1. The van der Waals surface area contributed by atoms with Crippen molar-refractivity contribution in [3.05, 3.63) is 60.2 Å². The number of ether oxygens (including phenoxy) is 1. The Morgan fingerprint density at radius 1 is 1.10 bits per heavy atom. The summed E-state index contributed by atoms with van der Waals surface area (Å²) >= 11 is 0. The lowest BCUT2D eigenvalue weighted by Crippen LogP contribution is -2.01. The molecule has 3 rings (SSSR count). The van der Waals surface area contributed by atoms with Gasteiger partial charge < -0.3 is 9.84 Å². The monoisotopic (exact) mass is 279 g/mol. The standard InChI is InChI=1S/C17H13NO3/c1-21-12-7-8-13(14(10-12)17(19)20)16-9-6-11-4-2-3-5-15(11)18-16/h2-10H,1H3,(H,19,20). The van der Waals surface area contributed by atoms with Gasteiger partial charge in [-0.25, -0.2) is 9.78 Å². The lowest BCUT2D eigenvalue weighted by molar-refractivity contribution is 0.0697. The molecule has 0 amide bonds. The molecule has 1 aromatic heterocycles. The largest absolute Gasteiger partial charge is 0.497 e. The summed E-state index contributed by atoms with van der Waals surface area (Å²) in [5, 5.41) is 10.4. The number of hydrogen-bond donors (Lipinski definition) is 1. The molecule has 0 radical (unpaired) electrons. The van der Waals surface area contributed by atoms with Crippen molar-refractivity contribution in [2.75, 3.05) is 7.11 Å². The third-order valence-corrected chi connectivity index (χ3v) is 3.33. The van der Waals surface area contributed by atoms with Crippen molar-refractivity contribution in [3.63, 3.8) is 0 Å². The van der Waals surface area contributed by atoms with Gasteiger partial charge in [-0.05, 0) is 30.3 Å². The fourth-order valence-electron chi connectivity index (χ4n) is 2.27. The Bertz CT molecular complexity index is 827. The number of aromatic nitrogens is 1. The molecular weight excluding hydrogens is 266 g/mol. The highest BCUT2D eigenvalue weighted by atomic mass is 16.5. The van der Waals surface area contributed by atoms with E-state index in [0.29, 0.717) is 17.0 Å². The van der Waals surface area contributed by atoms with Crippen molar-refractivity contribution in [2.45, 2.75) is 0 Å². The second-order valence-electron chi connectivity index (χ2n) is 4.61. The molecule has 0 spiro atoms. The Labute approximate surface area is 121 Å². The first-order valence-corrected chi connectivity index (χ1v) is 6.46. The summed E-state index contributed by atoms with van der Waals surface area (Å²) < 4.78 is 5.08. The van der Waals surface area contributed by atoms with E-state index in [2.05, 4.69) is 4.98 Å². The maximum absolute atomic E-state index is 11.4. The molecule has 0 atom stereocenters. The molecule has 3 aromatic rings. The van der Waals surface area contributed by atoms with Crippen LogP contribution in [0.1, 0.15) is 10.4 Å². The average molecular weight is 279 g/mol. The highest BCUT2D eigenvalue weighted by Crippen LogP contribution is 2.27. The molecule has 1 N–H and O–H groups in total. The van der Waals surface area contributed by atoms with Crippen LogP contribution in [0.5, 0.6) is 5.75 Å². The number of carboxylic acid groups (broad SMARTS) is 1. The van der Waals surface area contributed by atoms with Crippen molar-refractivity contribution < 1.29 is 14.6 Å². The summed E-state index contributed by atoms with van der Waals surface area (Å²) in [6, 6.07) is 16.5. The van der Waals surface area contributed by atoms with Gasteiger partial charge in [0.1, 0.15) is 5.75 Å². The first-order valence-electron chi connectivity index (χ1n) is 6.46. The molecule has 0 aliphatic heterocycles. The number of benzene rings is 2. The molecule has 0 unspecified atom stereocenters. The molecule has 0 saturated carbocycles. The van der Waals surface area contributed by atoms with Gasteiger partial charge in [-0.1, -0.05) is 24.3 Å². The van der Waals surface area contributed by atoms with Crippen LogP contribution in [0.25, 0.3) is 22.2 Å². The molecule has 0 saturated heterocycles. The minimum absolute atomic E-state index is 0.178. The van der Waals surface area contributed by atoms with E-state index in [0.717, 1.165) is 10.9 Å². The summed E-state index contributed by atoms with van der Waals surface area (Å²) in [6.07, 6.45) is 0. The second kappa shape index (κ2) is 5.25. The molecule has 4 heteroatoms. The van der Waals surface area contributed by atoms with Crippen molar-refractivity contribution >= 4 is 16.9 Å². The van der Waals surface area contributed by atoms with Gasteiger partial charge in [0.05, 0.1) is 23.9 Å². The van der Waals surface area contributed by atoms with Crippen LogP contribution in [-0.2, 0) is 0 Å². The topological polar surface area (TPSA) is 59.4 Å². The van der Waals surface area contributed by atoms with Crippen LogP contribution < -0.4 is 4.74 Å². The van der Waals surface area contributed by atoms with Crippen molar-refractivity contribution in [1.82, 2.24) is 4.98 Å². The quantitative estimate of drug-likeness (QED) is 0.795. The van der Waals surface area contributed by atoms with Crippen LogP contribution in [0.15, 0.2) is 54.6 Å². The van der Waals surface area contributed by atoms with Gasteiger partial charge in [0.15, 0.2) is 0 Å². The summed E-state index contributed by atoms with van der Waals surface area (Å²) in [7, 11) is 1.51. The molecule has 4 nitrogen and oxygen atoms in total. The number of carboxylic acids is 1.